The van der Waals surface area contributed by atoms with Crippen molar-refractivity contribution in [3.05, 3.63) is 41.1 Å². The maximum atomic E-state index is 5.67. The number of fused-ring (bicyclic) bond motifs is 1. The van der Waals surface area contributed by atoms with Crippen LogP contribution in [0.1, 0.15) is 35.2 Å². The van der Waals surface area contributed by atoms with Crippen molar-refractivity contribution in [3.63, 3.8) is 0 Å². The van der Waals surface area contributed by atoms with Gasteiger partial charge in [0.05, 0.1) is 19.1 Å². The van der Waals surface area contributed by atoms with Crippen LogP contribution in [0.15, 0.2) is 22.6 Å². The zero-order valence-corrected chi connectivity index (χ0v) is 11.6. The quantitative estimate of drug-likeness (QED) is 0.867. The minimum absolute atomic E-state index is 0.247. The molecule has 5 nitrogen and oxygen atoms in total. The average molecular weight is 284 g/mol. The molecule has 2 aliphatic rings. The summed E-state index contributed by atoms with van der Waals surface area (Å²) in [6, 6.07) is 6.18. The van der Waals surface area contributed by atoms with Gasteiger partial charge in [-0.1, -0.05) is 6.07 Å². The summed E-state index contributed by atoms with van der Waals surface area (Å²) < 4.78 is 16.5. The Morgan fingerprint density at radius 1 is 1.14 bits per heavy atom. The molecule has 0 radical (unpaired) electrons. The van der Waals surface area contributed by atoms with E-state index >= 15 is 0 Å². The summed E-state index contributed by atoms with van der Waals surface area (Å²) in [5, 5.41) is 8.17. The largest absolute Gasteiger partial charge is 0.493 e. The van der Waals surface area contributed by atoms with E-state index in [-0.39, 0.29) is 5.92 Å². The number of nitrogens with zero attached hydrogens (tertiary/aromatic N) is 2. The van der Waals surface area contributed by atoms with Gasteiger partial charge in [0.1, 0.15) is 5.75 Å². The maximum Gasteiger partial charge on any atom is 0.240 e. The van der Waals surface area contributed by atoms with Gasteiger partial charge in [-0.3, -0.25) is 0 Å². The van der Waals surface area contributed by atoms with Crippen LogP contribution >= 0.6 is 0 Å². The van der Waals surface area contributed by atoms with Gasteiger partial charge < -0.3 is 13.9 Å². The Balaban J connectivity index is 1.50. The molecule has 1 saturated heterocycles. The highest BCUT2D eigenvalue weighted by molar-refractivity contribution is 5.67. The molecule has 5 heteroatoms. The van der Waals surface area contributed by atoms with Gasteiger partial charge in [0.25, 0.3) is 0 Å². The van der Waals surface area contributed by atoms with E-state index in [1.54, 1.807) is 0 Å². The number of aromatic nitrogens is 2. The molecule has 4 rings (SSSR count). The van der Waals surface area contributed by atoms with Crippen LogP contribution in [0.25, 0.3) is 12.2 Å². The summed E-state index contributed by atoms with van der Waals surface area (Å²) in [5.74, 6) is 2.45. The summed E-state index contributed by atoms with van der Waals surface area (Å²) in [6.07, 6.45) is 5.77. The molecule has 0 spiro atoms. The Bertz CT molecular complexity index is 672. The standard InChI is InChI=1S/C16H16N2O3/c1-3-14-12(6-8-20-14)9-11(1)2-4-15-17-18-16(21-15)13-5-7-19-10-13/h1-4,9,13H,5-8,10H2/b4-2+. The summed E-state index contributed by atoms with van der Waals surface area (Å²) in [7, 11) is 0. The monoisotopic (exact) mass is 284 g/mol. The van der Waals surface area contributed by atoms with Gasteiger partial charge in [-0.2, -0.15) is 0 Å². The van der Waals surface area contributed by atoms with E-state index in [0.29, 0.717) is 18.4 Å². The molecule has 21 heavy (non-hydrogen) atoms. The third-order valence-electron chi connectivity index (χ3n) is 3.87. The normalized spacial score (nSPS) is 20.9. The first kappa shape index (κ1) is 12.6. The van der Waals surface area contributed by atoms with Gasteiger partial charge in [0.2, 0.25) is 11.8 Å². The van der Waals surface area contributed by atoms with Crippen LogP contribution in [0.4, 0.5) is 0 Å². The predicted octanol–water partition coefficient (Wildman–Crippen LogP) is 2.68. The highest BCUT2D eigenvalue weighted by atomic mass is 16.5. The molecule has 1 atom stereocenters. The molecule has 1 unspecified atom stereocenters. The molecule has 1 fully saturated rings. The van der Waals surface area contributed by atoms with Gasteiger partial charge in [-0.25, -0.2) is 0 Å². The minimum atomic E-state index is 0.247. The Labute approximate surface area is 122 Å². The van der Waals surface area contributed by atoms with Crippen molar-refractivity contribution < 1.29 is 13.9 Å². The second kappa shape index (κ2) is 5.33. The molecule has 0 N–H and O–H groups in total. The topological polar surface area (TPSA) is 57.4 Å². The second-order valence-corrected chi connectivity index (χ2v) is 5.34. The zero-order valence-electron chi connectivity index (χ0n) is 11.6. The van der Waals surface area contributed by atoms with Crippen LogP contribution in [-0.2, 0) is 11.2 Å². The molecule has 108 valence electrons. The highest BCUT2D eigenvalue weighted by Gasteiger charge is 2.23. The van der Waals surface area contributed by atoms with E-state index in [9.17, 15) is 0 Å². The van der Waals surface area contributed by atoms with E-state index in [1.165, 1.54) is 5.56 Å². The van der Waals surface area contributed by atoms with Crippen molar-refractivity contribution in [1.29, 1.82) is 0 Å². The number of ether oxygens (including phenoxy) is 2. The van der Waals surface area contributed by atoms with E-state index in [4.69, 9.17) is 13.9 Å². The first-order chi connectivity index (χ1) is 10.4. The third-order valence-corrected chi connectivity index (χ3v) is 3.87. The fourth-order valence-corrected chi connectivity index (χ4v) is 2.69. The van der Waals surface area contributed by atoms with Crippen LogP contribution in [0.5, 0.6) is 5.75 Å². The first-order valence-electron chi connectivity index (χ1n) is 7.23. The molecule has 2 aromatic rings. The van der Waals surface area contributed by atoms with E-state index in [0.717, 1.165) is 37.4 Å². The molecule has 1 aromatic heterocycles. The van der Waals surface area contributed by atoms with Crippen molar-refractivity contribution in [2.45, 2.75) is 18.8 Å². The lowest BCUT2D eigenvalue weighted by Crippen LogP contribution is -1.97. The van der Waals surface area contributed by atoms with Gasteiger partial charge in [0, 0.05) is 19.1 Å². The highest BCUT2D eigenvalue weighted by Crippen LogP contribution is 2.27. The molecule has 2 aliphatic heterocycles. The predicted molar refractivity (Wildman–Crippen MR) is 77.0 cm³/mol. The van der Waals surface area contributed by atoms with Gasteiger partial charge in [-0.15, -0.1) is 10.2 Å². The van der Waals surface area contributed by atoms with Crippen LogP contribution in [0.3, 0.4) is 0 Å². The lowest BCUT2D eigenvalue weighted by atomic mass is 10.1. The molecular weight excluding hydrogens is 268 g/mol. The van der Waals surface area contributed by atoms with Crippen molar-refractivity contribution >= 4 is 12.2 Å². The van der Waals surface area contributed by atoms with E-state index in [2.05, 4.69) is 16.3 Å². The Hall–Kier alpha value is -2.14. The molecular formula is C16H16N2O3. The van der Waals surface area contributed by atoms with Crippen LogP contribution < -0.4 is 4.74 Å². The second-order valence-electron chi connectivity index (χ2n) is 5.34. The number of hydrogen-bond donors (Lipinski definition) is 0. The van der Waals surface area contributed by atoms with Crippen molar-refractivity contribution in [1.82, 2.24) is 10.2 Å². The number of rotatable bonds is 3. The lowest BCUT2D eigenvalue weighted by Gasteiger charge is -1.99. The van der Waals surface area contributed by atoms with Gasteiger partial charge in [-0.05, 0) is 35.8 Å². The Morgan fingerprint density at radius 3 is 3.05 bits per heavy atom. The summed E-state index contributed by atoms with van der Waals surface area (Å²) in [4.78, 5) is 0. The van der Waals surface area contributed by atoms with Gasteiger partial charge >= 0.3 is 0 Å². The third kappa shape index (κ3) is 2.56. The molecule has 0 saturated carbocycles. The average Bonchev–Trinajstić information content (AvgIpc) is 3.24. The van der Waals surface area contributed by atoms with E-state index < -0.39 is 0 Å². The van der Waals surface area contributed by atoms with Crippen molar-refractivity contribution in [2.75, 3.05) is 19.8 Å². The van der Waals surface area contributed by atoms with Gasteiger partial charge in [0.15, 0.2) is 0 Å². The molecule has 0 aliphatic carbocycles. The van der Waals surface area contributed by atoms with Crippen molar-refractivity contribution in [2.24, 2.45) is 0 Å². The Kier molecular flexibility index (Phi) is 3.20. The maximum absolute atomic E-state index is 5.67. The van der Waals surface area contributed by atoms with E-state index in [1.807, 2.05) is 24.3 Å². The summed E-state index contributed by atoms with van der Waals surface area (Å²) >= 11 is 0. The summed E-state index contributed by atoms with van der Waals surface area (Å²) in [6.45, 7) is 2.23. The van der Waals surface area contributed by atoms with Crippen LogP contribution in [0.2, 0.25) is 0 Å². The van der Waals surface area contributed by atoms with Crippen molar-refractivity contribution in [3.8, 4) is 5.75 Å². The zero-order chi connectivity index (χ0) is 14.1. The van der Waals surface area contributed by atoms with Crippen LogP contribution in [-0.4, -0.2) is 30.0 Å². The SMILES string of the molecule is C(=C\c1nnc(C2CCOC2)o1)/c1ccc2c(c1)CCO2. The minimum Gasteiger partial charge on any atom is -0.493 e. The Morgan fingerprint density at radius 2 is 2.14 bits per heavy atom. The smallest absolute Gasteiger partial charge is 0.240 e. The van der Waals surface area contributed by atoms with Crippen LogP contribution in [0, 0.1) is 0 Å². The molecule has 0 amide bonds. The summed E-state index contributed by atoms with van der Waals surface area (Å²) in [5.41, 5.74) is 2.37. The lowest BCUT2D eigenvalue weighted by molar-refractivity contribution is 0.190. The number of benzene rings is 1. The number of hydrogen-bond acceptors (Lipinski definition) is 5. The molecule has 0 bridgehead atoms. The molecule has 3 heterocycles. The fraction of sp³-hybridized carbons (Fsp3) is 0.375. The molecule has 1 aromatic carbocycles. The fourth-order valence-electron chi connectivity index (χ4n) is 2.69. The first-order valence-corrected chi connectivity index (χ1v) is 7.23.